The van der Waals surface area contributed by atoms with Crippen LogP contribution in [0.1, 0.15) is 69.4 Å². The van der Waals surface area contributed by atoms with Crippen LogP contribution in [0.15, 0.2) is 122 Å². The second-order valence-electron chi connectivity index (χ2n) is 13.2. The number of methoxy groups -OCH3 is 3. The van der Waals surface area contributed by atoms with E-state index in [0.29, 0.717) is 36.6 Å². The number of benzene rings is 4. The smallest absolute Gasteiger partial charge is 0.349 e. The molecule has 0 amide bonds. The van der Waals surface area contributed by atoms with Crippen LogP contribution in [0, 0.1) is 0 Å². The van der Waals surface area contributed by atoms with E-state index >= 15 is 0 Å². The lowest BCUT2D eigenvalue weighted by Gasteiger charge is -2.13. The average molecular weight is 815 g/mol. The molecule has 0 saturated heterocycles. The zero-order valence-electron chi connectivity index (χ0n) is 33.7. The predicted molar refractivity (Wildman–Crippen MR) is 223 cm³/mol. The summed E-state index contributed by atoms with van der Waals surface area (Å²) in [7, 11) is 4.28. The Morgan fingerprint density at radius 3 is 1.52 bits per heavy atom. The molecule has 310 valence electrons. The molecular weight excluding hydrogens is 769 g/mol. The van der Waals surface area contributed by atoms with E-state index in [4.69, 9.17) is 19.3 Å². The van der Waals surface area contributed by atoms with Crippen molar-refractivity contribution in [2.75, 3.05) is 21.3 Å². The van der Waals surface area contributed by atoms with Gasteiger partial charge in [0.25, 0.3) is 0 Å². The van der Waals surface area contributed by atoms with Crippen molar-refractivity contribution in [3.8, 4) is 34.0 Å². The zero-order chi connectivity index (χ0) is 43.0. The van der Waals surface area contributed by atoms with Crippen molar-refractivity contribution in [2.45, 2.75) is 39.0 Å². The maximum Gasteiger partial charge on any atom is 0.349 e. The molecule has 60 heavy (non-hydrogen) atoms. The fourth-order valence-corrected chi connectivity index (χ4v) is 5.84. The van der Waals surface area contributed by atoms with Crippen LogP contribution in [-0.2, 0) is 32.2 Å². The topological polar surface area (TPSA) is 207 Å². The van der Waals surface area contributed by atoms with Crippen LogP contribution in [0.25, 0.3) is 22.5 Å². The molecule has 2 heterocycles. The molecule has 4 aromatic carbocycles. The second-order valence-corrected chi connectivity index (χ2v) is 13.2. The van der Waals surface area contributed by atoms with Gasteiger partial charge in [-0.15, -0.1) is 0 Å². The third-order valence-electron chi connectivity index (χ3n) is 9.09. The molecule has 15 heteroatoms. The van der Waals surface area contributed by atoms with Crippen molar-refractivity contribution in [3.63, 3.8) is 0 Å². The summed E-state index contributed by atoms with van der Waals surface area (Å²) in [5.41, 5.74) is 6.01. The Kier molecular flexibility index (Phi) is 15.6. The highest BCUT2D eigenvalue weighted by molar-refractivity contribution is 6.03. The number of imidazole rings is 2. The standard InChI is InChI=1S/C24H23N3O6.C21H23N3O3/c1-15(23-26-14-19(27-23)17-6-4-3-5-7-17)25-13-16-8-9-20(32-2)18(12-16)24(31)33-22(30)11-10-21(28)29;1-14(20-23-13-18(24-20)16-7-5-4-6-8-16)22-12-15-9-10-19(26-2)17(11-15)21(25)27-3/h3-12,14-15,25H,13H2,1-2H3,(H,26,27)(H,28,29);4-11,13-14,22H,12H2,1-3H3,(H,23,24)/b11-10-;. The summed E-state index contributed by atoms with van der Waals surface area (Å²) in [5, 5.41) is 15.3. The van der Waals surface area contributed by atoms with Crippen LogP contribution in [0.3, 0.4) is 0 Å². The first-order valence-electron chi connectivity index (χ1n) is 18.8. The van der Waals surface area contributed by atoms with Crippen molar-refractivity contribution in [1.82, 2.24) is 30.6 Å². The van der Waals surface area contributed by atoms with E-state index < -0.39 is 23.9 Å². The van der Waals surface area contributed by atoms with Gasteiger partial charge in [0.2, 0.25) is 0 Å². The summed E-state index contributed by atoms with van der Waals surface area (Å²) < 4.78 is 19.9. The van der Waals surface area contributed by atoms with Gasteiger partial charge in [0.1, 0.15) is 34.3 Å². The van der Waals surface area contributed by atoms with Crippen LogP contribution in [0.4, 0.5) is 0 Å². The number of aliphatic carboxylic acids is 1. The summed E-state index contributed by atoms with van der Waals surface area (Å²) in [5.74, 6) is -1.43. The Morgan fingerprint density at radius 1 is 0.650 bits per heavy atom. The van der Waals surface area contributed by atoms with E-state index in [2.05, 4.69) is 35.3 Å². The molecule has 0 saturated carbocycles. The molecule has 2 aromatic heterocycles. The number of aromatic nitrogens is 4. The summed E-state index contributed by atoms with van der Waals surface area (Å²) in [6.07, 6.45) is 5.00. The molecule has 5 N–H and O–H groups in total. The van der Waals surface area contributed by atoms with Crippen LogP contribution >= 0.6 is 0 Å². The summed E-state index contributed by atoms with van der Waals surface area (Å²) in [4.78, 5) is 62.1. The van der Waals surface area contributed by atoms with E-state index in [9.17, 15) is 19.2 Å². The highest BCUT2D eigenvalue weighted by Gasteiger charge is 2.19. The number of carboxylic acids is 1. The Balaban J connectivity index is 0.000000232. The fourth-order valence-electron chi connectivity index (χ4n) is 5.84. The van der Waals surface area contributed by atoms with E-state index in [0.717, 1.165) is 45.3 Å². The molecule has 6 rings (SSSR count). The van der Waals surface area contributed by atoms with Crippen LogP contribution in [0.2, 0.25) is 0 Å². The van der Waals surface area contributed by atoms with Crippen molar-refractivity contribution in [3.05, 3.63) is 156 Å². The monoisotopic (exact) mass is 814 g/mol. The molecule has 2 unspecified atom stereocenters. The number of aromatic amines is 2. The summed E-state index contributed by atoms with van der Waals surface area (Å²) in [6, 6.07) is 30.2. The molecule has 2 atom stereocenters. The van der Waals surface area contributed by atoms with Crippen LogP contribution in [-0.4, -0.2) is 70.2 Å². The summed E-state index contributed by atoms with van der Waals surface area (Å²) in [6.45, 7) is 4.98. The van der Waals surface area contributed by atoms with Crippen molar-refractivity contribution >= 4 is 23.9 Å². The van der Waals surface area contributed by atoms with Gasteiger partial charge in [-0.2, -0.15) is 0 Å². The van der Waals surface area contributed by atoms with Crippen molar-refractivity contribution in [2.24, 2.45) is 0 Å². The van der Waals surface area contributed by atoms with Gasteiger partial charge in [-0.1, -0.05) is 72.8 Å². The number of H-pyrrole nitrogens is 2. The lowest BCUT2D eigenvalue weighted by molar-refractivity contribution is -0.134. The first-order chi connectivity index (χ1) is 29.0. The fraction of sp³-hybridized carbons (Fsp3) is 0.200. The maximum atomic E-state index is 12.4. The zero-order valence-corrected chi connectivity index (χ0v) is 33.7. The second kappa shape index (κ2) is 21.4. The van der Waals surface area contributed by atoms with E-state index in [1.54, 1.807) is 30.3 Å². The van der Waals surface area contributed by atoms with E-state index in [1.165, 1.54) is 21.3 Å². The van der Waals surface area contributed by atoms with Gasteiger partial charge in [-0.25, -0.2) is 29.1 Å². The Hall–Kier alpha value is -7.36. The molecule has 6 aromatic rings. The molecule has 0 radical (unpaired) electrons. The minimum absolute atomic E-state index is 0.0196. The minimum Gasteiger partial charge on any atom is -0.496 e. The van der Waals surface area contributed by atoms with Gasteiger partial charge in [0.15, 0.2) is 0 Å². The highest BCUT2D eigenvalue weighted by Crippen LogP contribution is 2.24. The first kappa shape index (κ1) is 43.8. The van der Waals surface area contributed by atoms with Gasteiger partial charge in [-0.3, -0.25) is 0 Å². The van der Waals surface area contributed by atoms with E-state index in [1.807, 2.05) is 93.0 Å². The molecule has 0 aliphatic heterocycles. The number of hydrogen-bond acceptors (Lipinski definition) is 12. The van der Waals surface area contributed by atoms with Crippen molar-refractivity contribution < 1.29 is 43.2 Å². The maximum absolute atomic E-state index is 12.4. The van der Waals surface area contributed by atoms with Gasteiger partial charge in [0.05, 0.1) is 44.8 Å². The third-order valence-corrected chi connectivity index (χ3v) is 9.09. The van der Waals surface area contributed by atoms with Gasteiger partial charge < -0.3 is 44.7 Å². The number of esters is 3. The number of nitrogens with zero attached hydrogens (tertiary/aromatic N) is 2. The van der Waals surface area contributed by atoms with Crippen LogP contribution < -0.4 is 20.1 Å². The number of carbonyl (C=O) groups is 4. The summed E-state index contributed by atoms with van der Waals surface area (Å²) >= 11 is 0. The Morgan fingerprint density at radius 2 is 1.10 bits per heavy atom. The van der Waals surface area contributed by atoms with Gasteiger partial charge >= 0.3 is 23.9 Å². The number of carboxylic acid groups (broad SMARTS) is 1. The lowest BCUT2D eigenvalue weighted by atomic mass is 10.1. The number of hydrogen-bond donors (Lipinski definition) is 5. The average Bonchev–Trinajstić information content (AvgIpc) is 3.99. The minimum atomic E-state index is -1.33. The van der Waals surface area contributed by atoms with Gasteiger partial charge in [-0.05, 0) is 49.2 Å². The number of rotatable bonds is 16. The SMILES string of the molecule is COC(=O)c1cc(CNC(C)c2nc(-c3ccccc3)c[nH]2)ccc1OC.COc1ccc(CNC(C)c2nc(-c3ccccc3)c[nH]2)cc1C(=O)OC(=O)/C=C\C(=O)O. The first-order valence-corrected chi connectivity index (χ1v) is 18.8. The highest BCUT2D eigenvalue weighted by atomic mass is 16.6. The molecule has 0 aliphatic rings. The van der Waals surface area contributed by atoms with Crippen LogP contribution in [0.5, 0.6) is 11.5 Å². The molecule has 0 spiro atoms. The lowest BCUT2D eigenvalue weighted by Crippen LogP contribution is -2.20. The Bertz CT molecular complexity index is 2410. The number of ether oxygens (including phenoxy) is 4. The molecule has 0 bridgehead atoms. The number of carbonyl (C=O) groups excluding carboxylic acids is 3. The molecule has 0 aliphatic carbocycles. The number of nitrogens with one attached hydrogen (secondary N) is 4. The van der Waals surface area contributed by atoms with Gasteiger partial charge in [0, 0.05) is 48.8 Å². The normalized spacial score (nSPS) is 11.8. The Labute approximate surface area is 346 Å². The van der Waals surface area contributed by atoms with Crippen molar-refractivity contribution in [1.29, 1.82) is 0 Å². The largest absolute Gasteiger partial charge is 0.496 e. The third kappa shape index (κ3) is 12.1. The van der Waals surface area contributed by atoms with E-state index in [-0.39, 0.29) is 23.4 Å². The molecular formula is C45H46N6O9. The molecule has 0 fully saturated rings. The quantitative estimate of drug-likeness (QED) is 0.0380. The molecule has 15 nitrogen and oxygen atoms in total. The predicted octanol–water partition coefficient (Wildman–Crippen LogP) is 6.98.